The number of rotatable bonds is 7. The quantitative estimate of drug-likeness (QED) is 0.333. The number of nitro groups is 1. The Balaban J connectivity index is 1.96. The second-order valence-electron chi connectivity index (χ2n) is 5.04. The van der Waals surface area contributed by atoms with Gasteiger partial charge in [0, 0.05) is 25.4 Å². The van der Waals surface area contributed by atoms with E-state index in [9.17, 15) is 27.7 Å². The summed E-state index contributed by atoms with van der Waals surface area (Å²) in [5.74, 6) is -0.807. The van der Waals surface area contributed by atoms with Gasteiger partial charge in [-0.15, -0.1) is 0 Å². The Kier molecular flexibility index (Phi) is 5.80. The van der Waals surface area contributed by atoms with Crippen molar-refractivity contribution < 1.29 is 27.2 Å². The summed E-state index contributed by atoms with van der Waals surface area (Å²) < 4.78 is 55.7. The van der Waals surface area contributed by atoms with E-state index in [1.54, 1.807) is 0 Å². The van der Waals surface area contributed by atoms with Crippen molar-refractivity contribution in [3.8, 4) is 5.75 Å². The van der Waals surface area contributed by atoms with Crippen molar-refractivity contribution in [2.24, 2.45) is 0 Å². The molecular formula is C15H14F4N4O3. The standard InChI is InChI=1S/C15H14F4N4O3/c1-26-13-7-11(12(23(24)25)6-10(13)16)20-4-5-21-14-3-2-9(8-22-14)15(17,18)19/h2-3,6-8,20H,4-5H2,1H3,(H,21,22). The molecule has 140 valence electrons. The minimum Gasteiger partial charge on any atom is -0.494 e. The molecule has 0 aliphatic carbocycles. The van der Waals surface area contributed by atoms with Gasteiger partial charge in [-0.1, -0.05) is 0 Å². The van der Waals surface area contributed by atoms with E-state index in [4.69, 9.17) is 4.74 Å². The van der Waals surface area contributed by atoms with Gasteiger partial charge in [0.25, 0.3) is 5.69 Å². The number of halogens is 4. The van der Waals surface area contributed by atoms with E-state index in [1.165, 1.54) is 13.2 Å². The van der Waals surface area contributed by atoms with E-state index >= 15 is 0 Å². The molecule has 0 saturated carbocycles. The molecule has 0 fully saturated rings. The van der Waals surface area contributed by atoms with Crippen molar-refractivity contribution in [1.82, 2.24) is 4.98 Å². The second kappa shape index (κ2) is 7.85. The Labute approximate surface area is 145 Å². The number of nitro benzene ring substituents is 1. The average Bonchev–Trinajstić information content (AvgIpc) is 2.58. The number of aromatic nitrogens is 1. The largest absolute Gasteiger partial charge is 0.494 e. The summed E-state index contributed by atoms with van der Waals surface area (Å²) in [4.78, 5) is 13.9. The summed E-state index contributed by atoms with van der Waals surface area (Å²) in [6.07, 6.45) is -3.76. The number of benzene rings is 1. The molecule has 2 N–H and O–H groups in total. The lowest BCUT2D eigenvalue weighted by atomic mass is 10.2. The van der Waals surface area contributed by atoms with Crippen LogP contribution in [0.1, 0.15) is 5.56 Å². The summed E-state index contributed by atoms with van der Waals surface area (Å²) in [7, 11) is 1.23. The molecule has 0 aliphatic rings. The van der Waals surface area contributed by atoms with Crippen molar-refractivity contribution in [2.75, 3.05) is 30.8 Å². The summed E-state index contributed by atoms with van der Waals surface area (Å²) in [5.41, 5.74) is -1.28. The fourth-order valence-corrected chi connectivity index (χ4v) is 2.05. The number of hydrogen-bond acceptors (Lipinski definition) is 6. The molecule has 2 aromatic rings. The zero-order valence-electron chi connectivity index (χ0n) is 13.4. The van der Waals surface area contributed by atoms with Crippen LogP contribution in [0, 0.1) is 15.9 Å². The molecule has 0 spiro atoms. The SMILES string of the molecule is COc1cc(NCCNc2ccc(C(F)(F)F)cn2)c([N+](=O)[O-])cc1F. The van der Waals surface area contributed by atoms with Crippen molar-refractivity contribution in [3.05, 3.63) is 52.0 Å². The number of methoxy groups -OCH3 is 1. The second-order valence-corrected chi connectivity index (χ2v) is 5.04. The Hall–Kier alpha value is -3.11. The molecule has 11 heteroatoms. The molecular weight excluding hydrogens is 360 g/mol. The highest BCUT2D eigenvalue weighted by Crippen LogP contribution is 2.31. The molecule has 0 radical (unpaired) electrons. The fourth-order valence-electron chi connectivity index (χ4n) is 2.05. The molecule has 0 amide bonds. The smallest absolute Gasteiger partial charge is 0.417 e. The maximum atomic E-state index is 13.6. The molecule has 0 saturated heterocycles. The predicted octanol–water partition coefficient (Wildman–Crippen LogP) is 3.68. The van der Waals surface area contributed by atoms with Crippen LogP contribution in [0.15, 0.2) is 30.5 Å². The number of anilines is 2. The Morgan fingerprint density at radius 2 is 1.92 bits per heavy atom. The van der Waals surface area contributed by atoms with Crippen LogP contribution in [0.3, 0.4) is 0 Å². The molecule has 0 bridgehead atoms. The summed E-state index contributed by atoms with van der Waals surface area (Å²) >= 11 is 0. The number of ether oxygens (including phenoxy) is 1. The highest BCUT2D eigenvalue weighted by Gasteiger charge is 2.30. The highest BCUT2D eigenvalue weighted by atomic mass is 19.4. The van der Waals surface area contributed by atoms with Crippen molar-refractivity contribution >= 4 is 17.2 Å². The van der Waals surface area contributed by atoms with Gasteiger partial charge in [0.1, 0.15) is 11.5 Å². The zero-order valence-corrected chi connectivity index (χ0v) is 13.4. The van der Waals surface area contributed by atoms with Gasteiger partial charge in [-0.05, 0) is 12.1 Å². The van der Waals surface area contributed by atoms with Gasteiger partial charge in [-0.3, -0.25) is 10.1 Å². The average molecular weight is 374 g/mol. The van der Waals surface area contributed by atoms with Crippen LogP contribution in [-0.2, 0) is 6.18 Å². The van der Waals surface area contributed by atoms with E-state index in [2.05, 4.69) is 15.6 Å². The lowest BCUT2D eigenvalue weighted by molar-refractivity contribution is -0.384. The minimum atomic E-state index is -4.46. The first-order valence-electron chi connectivity index (χ1n) is 7.25. The summed E-state index contributed by atoms with van der Waals surface area (Å²) in [5, 5.41) is 16.5. The van der Waals surface area contributed by atoms with Gasteiger partial charge in [-0.25, -0.2) is 9.37 Å². The van der Waals surface area contributed by atoms with Gasteiger partial charge in [0.15, 0.2) is 11.6 Å². The maximum Gasteiger partial charge on any atom is 0.417 e. The van der Waals surface area contributed by atoms with Crippen LogP contribution in [0.2, 0.25) is 0 Å². The van der Waals surface area contributed by atoms with Crippen molar-refractivity contribution in [1.29, 1.82) is 0 Å². The van der Waals surface area contributed by atoms with Crippen LogP contribution in [0.5, 0.6) is 5.75 Å². The van der Waals surface area contributed by atoms with Gasteiger partial charge in [0.05, 0.1) is 23.7 Å². The molecule has 1 aromatic carbocycles. The fraction of sp³-hybridized carbons (Fsp3) is 0.267. The number of hydrogen-bond donors (Lipinski definition) is 2. The summed E-state index contributed by atoms with van der Waals surface area (Å²) in [6.45, 7) is 0.369. The Morgan fingerprint density at radius 3 is 2.46 bits per heavy atom. The van der Waals surface area contributed by atoms with E-state index in [0.29, 0.717) is 6.20 Å². The first-order valence-corrected chi connectivity index (χ1v) is 7.25. The first kappa shape index (κ1) is 19.2. The van der Waals surface area contributed by atoms with Crippen LogP contribution < -0.4 is 15.4 Å². The molecule has 0 unspecified atom stereocenters. The maximum absolute atomic E-state index is 13.6. The third-order valence-electron chi connectivity index (χ3n) is 3.30. The number of nitrogens with zero attached hydrogens (tertiary/aromatic N) is 2. The topological polar surface area (TPSA) is 89.3 Å². The van der Waals surface area contributed by atoms with E-state index < -0.39 is 28.2 Å². The third kappa shape index (κ3) is 4.71. The zero-order chi connectivity index (χ0) is 19.3. The molecule has 26 heavy (non-hydrogen) atoms. The van der Waals surface area contributed by atoms with Gasteiger partial charge in [-0.2, -0.15) is 13.2 Å². The predicted molar refractivity (Wildman–Crippen MR) is 85.8 cm³/mol. The van der Waals surface area contributed by atoms with E-state index in [-0.39, 0.29) is 30.3 Å². The van der Waals surface area contributed by atoms with Crippen LogP contribution in [-0.4, -0.2) is 30.1 Å². The van der Waals surface area contributed by atoms with Gasteiger partial charge >= 0.3 is 6.18 Å². The minimum absolute atomic E-state index is 0.0513. The highest BCUT2D eigenvalue weighted by molar-refractivity contribution is 5.64. The molecule has 0 aliphatic heterocycles. The first-order chi connectivity index (χ1) is 12.2. The number of nitrogens with one attached hydrogen (secondary N) is 2. The number of pyridine rings is 1. The van der Waals surface area contributed by atoms with Gasteiger partial charge in [0.2, 0.25) is 0 Å². The normalized spacial score (nSPS) is 11.1. The van der Waals surface area contributed by atoms with E-state index in [1.807, 2.05) is 0 Å². The van der Waals surface area contributed by atoms with Crippen LogP contribution in [0.25, 0.3) is 0 Å². The molecule has 2 rings (SSSR count). The molecule has 1 aromatic heterocycles. The molecule has 1 heterocycles. The molecule has 0 atom stereocenters. The van der Waals surface area contributed by atoms with Crippen LogP contribution >= 0.6 is 0 Å². The Bertz CT molecular complexity index is 782. The van der Waals surface area contributed by atoms with Gasteiger partial charge < -0.3 is 15.4 Å². The molecule has 7 nitrogen and oxygen atoms in total. The third-order valence-corrected chi connectivity index (χ3v) is 3.30. The van der Waals surface area contributed by atoms with Crippen LogP contribution in [0.4, 0.5) is 34.8 Å². The van der Waals surface area contributed by atoms with E-state index in [0.717, 1.165) is 18.2 Å². The lowest BCUT2D eigenvalue weighted by Gasteiger charge is -2.11. The number of alkyl halides is 3. The van der Waals surface area contributed by atoms with Crippen molar-refractivity contribution in [3.63, 3.8) is 0 Å². The Morgan fingerprint density at radius 1 is 1.23 bits per heavy atom. The van der Waals surface area contributed by atoms with Crippen molar-refractivity contribution in [2.45, 2.75) is 6.18 Å². The lowest BCUT2D eigenvalue weighted by Crippen LogP contribution is -2.15. The monoisotopic (exact) mass is 374 g/mol. The summed E-state index contributed by atoms with van der Waals surface area (Å²) in [6, 6.07) is 3.96.